The van der Waals surface area contributed by atoms with Crippen LogP contribution in [0.2, 0.25) is 0 Å². The van der Waals surface area contributed by atoms with Gasteiger partial charge >= 0.3 is 12.1 Å². The minimum atomic E-state index is -0.849. The Morgan fingerprint density at radius 2 is 2.08 bits per heavy atom. The third-order valence-corrected chi connectivity index (χ3v) is 6.02. The molecule has 130 valence electrons. The second-order valence-electron chi connectivity index (χ2n) is 6.66. The van der Waals surface area contributed by atoms with Gasteiger partial charge in [-0.2, -0.15) is 0 Å². The topological polar surface area (TPSA) is 66.8 Å². The largest absolute Gasteiger partial charge is 0.466 e. The fourth-order valence-corrected chi connectivity index (χ4v) is 5.11. The molecule has 24 heavy (non-hydrogen) atoms. The number of ether oxygens (including phenoxy) is 1. The minimum absolute atomic E-state index is 0.0431. The minimum Gasteiger partial charge on any atom is -0.466 e. The van der Waals surface area contributed by atoms with Crippen molar-refractivity contribution in [3.05, 3.63) is 33.8 Å². The van der Waals surface area contributed by atoms with Gasteiger partial charge in [-0.1, -0.05) is 28.1 Å². The number of fused-ring (bicyclic) bond motifs is 2. The summed E-state index contributed by atoms with van der Waals surface area (Å²) in [5.74, 6) is -0.0126. The molecule has 5 nitrogen and oxygen atoms in total. The summed E-state index contributed by atoms with van der Waals surface area (Å²) >= 11 is 3.68. The molecular formula is C18H22BrNO4. The number of likely N-dealkylation sites (tertiary alicyclic amines) is 1. The molecule has 0 saturated carbocycles. The van der Waals surface area contributed by atoms with E-state index in [4.69, 9.17) is 4.74 Å². The van der Waals surface area contributed by atoms with Crippen LogP contribution >= 0.6 is 15.9 Å². The van der Waals surface area contributed by atoms with Crippen molar-refractivity contribution in [1.82, 2.24) is 4.90 Å². The second kappa shape index (κ2) is 6.75. The lowest BCUT2D eigenvalue weighted by molar-refractivity contribution is -0.143. The van der Waals surface area contributed by atoms with Crippen LogP contribution in [0.5, 0.6) is 0 Å². The van der Waals surface area contributed by atoms with Gasteiger partial charge < -0.3 is 14.7 Å². The smallest absolute Gasteiger partial charge is 0.407 e. The average Bonchev–Trinajstić information content (AvgIpc) is 2.83. The number of carboxylic acid groups (broad SMARTS) is 1. The van der Waals surface area contributed by atoms with E-state index in [0.29, 0.717) is 26.1 Å². The predicted octanol–water partition coefficient (Wildman–Crippen LogP) is 3.90. The Morgan fingerprint density at radius 3 is 2.71 bits per heavy atom. The number of benzene rings is 1. The summed E-state index contributed by atoms with van der Waals surface area (Å²) < 4.78 is 6.20. The Hall–Kier alpha value is -1.56. The highest BCUT2D eigenvalue weighted by atomic mass is 79.9. The second-order valence-corrected chi connectivity index (χ2v) is 7.52. The molecule has 1 saturated heterocycles. The lowest BCUT2D eigenvalue weighted by atomic mass is 9.73. The van der Waals surface area contributed by atoms with Crippen molar-refractivity contribution < 1.29 is 19.4 Å². The summed E-state index contributed by atoms with van der Waals surface area (Å²) in [6.45, 7) is 3.31. The van der Waals surface area contributed by atoms with Gasteiger partial charge in [-0.25, -0.2) is 4.79 Å². The maximum absolute atomic E-state index is 12.0. The number of nitrogens with zero attached hydrogens (tertiary/aromatic N) is 1. The summed E-state index contributed by atoms with van der Waals surface area (Å²) in [6, 6.07) is 6.14. The number of halogens is 1. The van der Waals surface area contributed by atoms with E-state index in [1.165, 1.54) is 16.0 Å². The third kappa shape index (κ3) is 3.04. The van der Waals surface area contributed by atoms with Gasteiger partial charge in [-0.15, -0.1) is 0 Å². The number of carbonyl (C=O) groups excluding carboxylic acids is 1. The number of piperidine rings is 1. The highest BCUT2D eigenvalue weighted by Crippen LogP contribution is 2.55. The SMILES string of the molecule is CCOC(=O)CC1CC2(CCN(C(=O)O)CC2)c2c(Br)cccc21. The molecule has 0 bridgehead atoms. The van der Waals surface area contributed by atoms with Gasteiger partial charge in [0.15, 0.2) is 0 Å². The molecule has 1 aromatic carbocycles. The van der Waals surface area contributed by atoms with E-state index in [9.17, 15) is 14.7 Å². The first-order chi connectivity index (χ1) is 11.5. The maximum Gasteiger partial charge on any atom is 0.407 e. The normalized spacial score (nSPS) is 21.6. The van der Waals surface area contributed by atoms with Crippen LogP contribution in [-0.4, -0.2) is 41.8 Å². The molecular weight excluding hydrogens is 374 g/mol. The summed E-state index contributed by atoms with van der Waals surface area (Å²) in [6.07, 6.45) is 2.03. The number of amides is 1. The molecule has 1 atom stereocenters. The van der Waals surface area contributed by atoms with Crippen molar-refractivity contribution >= 4 is 28.0 Å². The van der Waals surface area contributed by atoms with Gasteiger partial charge in [0.25, 0.3) is 0 Å². The standard InChI is InChI=1S/C18H22BrNO4/c1-2-24-15(21)10-12-11-18(6-8-20(9-7-18)17(22)23)16-13(12)4-3-5-14(16)19/h3-5,12H,2,6-11H2,1H3,(H,22,23). The van der Waals surface area contributed by atoms with Crippen LogP contribution in [0, 0.1) is 0 Å². The quantitative estimate of drug-likeness (QED) is 0.787. The van der Waals surface area contributed by atoms with E-state index in [0.717, 1.165) is 23.7 Å². The Kier molecular flexibility index (Phi) is 4.85. The number of carbonyl (C=O) groups is 2. The number of hydrogen-bond acceptors (Lipinski definition) is 3. The highest BCUT2D eigenvalue weighted by Gasteiger charge is 2.47. The molecule has 0 radical (unpaired) electrons. The van der Waals surface area contributed by atoms with Crippen LogP contribution in [0.25, 0.3) is 0 Å². The number of esters is 1. The highest BCUT2D eigenvalue weighted by molar-refractivity contribution is 9.10. The molecule has 1 N–H and O–H groups in total. The van der Waals surface area contributed by atoms with E-state index >= 15 is 0 Å². The molecule has 1 amide bonds. The van der Waals surface area contributed by atoms with E-state index in [1.54, 1.807) is 0 Å². The van der Waals surface area contributed by atoms with Crippen LogP contribution in [0.15, 0.2) is 22.7 Å². The van der Waals surface area contributed by atoms with Gasteiger partial charge in [-0.05, 0) is 49.3 Å². The lowest BCUT2D eigenvalue weighted by Gasteiger charge is -2.39. The first kappa shape index (κ1) is 17.3. The first-order valence-electron chi connectivity index (χ1n) is 8.39. The van der Waals surface area contributed by atoms with Crippen molar-refractivity contribution in [2.24, 2.45) is 0 Å². The molecule has 1 heterocycles. The Labute approximate surface area is 150 Å². The van der Waals surface area contributed by atoms with Gasteiger partial charge in [0.05, 0.1) is 13.0 Å². The summed E-state index contributed by atoms with van der Waals surface area (Å²) in [5, 5.41) is 9.20. The summed E-state index contributed by atoms with van der Waals surface area (Å²) in [5.41, 5.74) is 2.43. The van der Waals surface area contributed by atoms with Crippen LogP contribution < -0.4 is 0 Å². The molecule has 1 aliphatic carbocycles. The molecule has 0 aromatic heterocycles. The summed E-state index contributed by atoms with van der Waals surface area (Å²) in [4.78, 5) is 24.7. The fourth-order valence-electron chi connectivity index (χ4n) is 4.31. The monoisotopic (exact) mass is 395 g/mol. The van der Waals surface area contributed by atoms with Crippen molar-refractivity contribution in [1.29, 1.82) is 0 Å². The molecule has 1 unspecified atom stereocenters. The van der Waals surface area contributed by atoms with Crippen LogP contribution in [-0.2, 0) is 14.9 Å². The molecule has 2 aliphatic rings. The fraction of sp³-hybridized carbons (Fsp3) is 0.556. The Bertz CT molecular complexity index is 652. The molecule has 1 aliphatic heterocycles. The van der Waals surface area contributed by atoms with Gasteiger partial charge in [0, 0.05) is 23.0 Å². The molecule has 3 rings (SSSR count). The van der Waals surface area contributed by atoms with Gasteiger partial charge in [0.2, 0.25) is 0 Å². The molecule has 1 spiro atoms. The zero-order valence-electron chi connectivity index (χ0n) is 13.8. The number of hydrogen-bond donors (Lipinski definition) is 1. The van der Waals surface area contributed by atoms with Crippen LogP contribution in [0.3, 0.4) is 0 Å². The van der Waals surface area contributed by atoms with Gasteiger partial charge in [-0.3, -0.25) is 4.79 Å². The molecule has 1 aromatic rings. The first-order valence-corrected chi connectivity index (χ1v) is 9.18. The Balaban J connectivity index is 1.88. The number of rotatable bonds is 3. The van der Waals surface area contributed by atoms with E-state index in [-0.39, 0.29) is 17.3 Å². The average molecular weight is 396 g/mol. The molecule has 1 fully saturated rings. The lowest BCUT2D eigenvalue weighted by Crippen LogP contribution is -2.44. The zero-order valence-corrected chi connectivity index (χ0v) is 15.3. The van der Waals surface area contributed by atoms with Gasteiger partial charge in [0.1, 0.15) is 0 Å². The van der Waals surface area contributed by atoms with Crippen LogP contribution in [0.1, 0.15) is 49.7 Å². The zero-order chi connectivity index (χ0) is 17.3. The summed E-state index contributed by atoms with van der Waals surface area (Å²) in [7, 11) is 0. The van der Waals surface area contributed by atoms with Crippen molar-refractivity contribution in [2.75, 3.05) is 19.7 Å². The predicted molar refractivity (Wildman–Crippen MR) is 93.3 cm³/mol. The molecule has 6 heteroatoms. The third-order valence-electron chi connectivity index (χ3n) is 5.36. The van der Waals surface area contributed by atoms with Crippen molar-refractivity contribution in [3.63, 3.8) is 0 Å². The van der Waals surface area contributed by atoms with Crippen molar-refractivity contribution in [3.8, 4) is 0 Å². The Morgan fingerprint density at radius 1 is 1.38 bits per heavy atom. The van der Waals surface area contributed by atoms with E-state index in [2.05, 4.69) is 22.0 Å². The van der Waals surface area contributed by atoms with E-state index < -0.39 is 6.09 Å². The van der Waals surface area contributed by atoms with Crippen LogP contribution in [0.4, 0.5) is 4.79 Å². The van der Waals surface area contributed by atoms with Crippen molar-refractivity contribution in [2.45, 2.75) is 43.9 Å². The maximum atomic E-state index is 12.0. The van der Waals surface area contributed by atoms with E-state index in [1.807, 2.05) is 19.1 Å².